The summed E-state index contributed by atoms with van der Waals surface area (Å²) >= 11 is 3.41. The number of benzene rings is 1. The number of thiophene rings is 1. The number of thioether (sulfide) groups is 1. The van der Waals surface area contributed by atoms with Crippen molar-refractivity contribution in [3.63, 3.8) is 0 Å². The Hall–Kier alpha value is -1.99. The van der Waals surface area contributed by atoms with Crippen LogP contribution in [0.5, 0.6) is 0 Å². The second-order valence-corrected chi connectivity index (χ2v) is 8.83. The molecular formula is C21H28N4OS2. The maximum atomic E-state index is 11.9. The third-order valence-electron chi connectivity index (χ3n) is 4.69. The Bertz CT molecular complexity index is 749. The lowest BCUT2D eigenvalue weighted by atomic mass is 10.2. The van der Waals surface area contributed by atoms with Gasteiger partial charge < -0.3 is 15.5 Å². The minimum absolute atomic E-state index is 0.0117. The van der Waals surface area contributed by atoms with Gasteiger partial charge in [-0.2, -0.15) is 0 Å². The number of carbonyl (C=O) groups excluding carboxylic acids is 1. The summed E-state index contributed by atoms with van der Waals surface area (Å²) in [5, 5.41) is 8.31. The average Bonchev–Trinajstić information content (AvgIpc) is 3.42. The van der Waals surface area contributed by atoms with Gasteiger partial charge in [-0.15, -0.1) is 23.1 Å². The summed E-state index contributed by atoms with van der Waals surface area (Å²) in [6.07, 6.45) is 2.08. The van der Waals surface area contributed by atoms with Crippen LogP contribution in [0.15, 0.2) is 57.7 Å². The van der Waals surface area contributed by atoms with Gasteiger partial charge in [0.25, 0.3) is 5.91 Å². The molecule has 1 amide bonds. The molecule has 3 rings (SSSR count). The Labute approximate surface area is 175 Å². The molecule has 28 heavy (non-hydrogen) atoms. The predicted octanol–water partition coefficient (Wildman–Crippen LogP) is 3.56. The Morgan fingerprint density at radius 2 is 2.04 bits per heavy atom. The van der Waals surface area contributed by atoms with Crippen molar-refractivity contribution in [2.75, 3.05) is 39.0 Å². The van der Waals surface area contributed by atoms with Crippen molar-refractivity contribution in [3.8, 4) is 0 Å². The smallest absolute Gasteiger partial charge is 0.261 e. The number of carbonyl (C=O) groups is 1. The van der Waals surface area contributed by atoms with E-state index in [4.69, 9.17) is 0 Å². The summed E-state index contributed by atoms with van der Waals surface area (Å²) in [6, 6.07) is 14.3. The van der Waals surface area contributed by atoms with E-state index in [1.165, 1.54) is 22.7 Å². The third kappa shape index (κ3) is 6.27. The Morgan fingerprint density at radius 1 is 1.21 bits per heavy atom. The molecule has 1 aliphatic heterocycles. The molecule has 1 atom stereocenters. The molecule has 2 heterocycles. The second-order valence-electron chi connectivity index (χ2n) is 6.79. The lowest BCUT2D eigenvalue weighted by Gasteiger charge is -2.21. The number of aliphatic imine (C=N–C) groups is 1. The van der Waals surface area contributed by atoms with E-state index in [1.54, 1.807) is 0 Å². The van der Waals surface area contributed by atoms with Crippen LogP contribution in [0.1, 0.15) is 22.5 Å². The molecular weight excluding hydrogens is 388 g/mol. The lowest BCUT2D eigenvalue weighted by molar-refractivity contribution is 0.0957. The van der Waals surface area contributed by atoms with Crippen LogP contribution >= 0.6 is 23.1 Å². The van der Waals surface area contributed by atoms with Crippen molar-refractivity contribution >= 4 is 35.0 Å². The molecule has 1 aromatic heterocycles. The minimum atomic E-state index is 0.0117. The SMILES string of the molecule is CN=C(NCCCNC(=O)c1cccs1)N1CCC(CSc2ccccc2)C1. The van der Waals surface area contributed by atoms with Gasteiger partial charge in [0, 0.05) is 43.9 Å². The van der Waals surface area contributed by atoms with E-state index in [0.29, 0.717) is 12.5 Å². The fourth-order valence-corrected chi connectivity index (χ4v) is 4.90. The predicted molar refractivity (Wildman–Crippen MR) is 119 cm³/mol. The Kier molecular flexibility index (Phi) is 8.23. The molecule has 5 nitrogen and oxygen atoms in total. The second kappa shape index (κ2) is 11.1. The highest BCUT2D eigenvalue weighted by molar-refractivity contribution is 7.99. The number of nitrogens with zero attached hydrogens (tertiary/aromatic N) is 2. The van der Waals surface area contributed by atoms with Gasteiger partial charge in [-0.3, -0.25) is 9.79 Å². The zero-order valence-corrected chi connectivity index (χ0v) is 17.9. The van der Waals surface area contributed by atoms with Crippen LogP contribution < -0.4 is 10.6 Å². The standard InChI is InChI=1S/C21H28N4OS2/c1-22-21(24-12-6-11-23-20(26)19-9-5-14-27-19)25-13-10-17(15-25)16-28-18-7-3-2-4-8-18/h2-5,7-9,14,17H,6,10-13,15-16H2,1H3,(H,22,24)(H,23,26). The molecule has 0 bridgehead atoms. The van der Waals surface area contributed by atoms with E-state index in [0.717, 1.165) is 42.6 Å². The van der Waals surface area contributed by atoms with Crippen molar-refractivity contribution in [1.82, 2.24) is 15.5 Å². The van der Waals surface area contributed by atoms with E-state index in [2.05, 4.69) is 50.9 Å². The van der Waals surface area contributed by atoms with Gasteiger partial charge in [0.1, 0.15) is 0 Å². The fraction of sp³-hybridized carbons (Fsp3) is 0.429. The molecule has 0 saturated carbocycles. The van der Waals surface area contributed by atoms with Gasteiger partial charge >= 0.3 is 0 Å². The summed E-state index contributed by atoms with van der Waals surface area (Å²) in [5.41, 5.74) is 0. The van der Waals surface area contributed by atoms with Gasteiger partial charge in [0.2, 0.25) is 0 Å². The van der Waals surface area contributed by atoms with Gasteiger partial charge in [-0.25, -0.2) is 0 Å². The first-order valence-electron chi connectivity index (χ1n) is 9.71. The van der Waals surface area contributed by atoms with Crippen LogP contribution in [0.25, 0.3) is 0 Å². The summed E-state index contributed by atoms with van der Waals surface area (Å²) in [7, 11) is 1.84. The molecule has 2 N–H and O–H groups in total. The van der Waals surface area contributed by atoms with Crippen LogP contribution in [0.3, 0.4) is 0 Å². The van der Waals surface area contributed by atoms with Crippen LogP contribution in [0.4, 0.5) is 0 Å². The lowest BCUT2D eigenvalue weighted by Crippen LogP contribution is -2.41. The maximum Gasteiger partial charge on any atom is 0.261 e. The maximum absolute atomic E-state index is 11.9. The van der Waals surface area contributed by atoms with Crippen molar-refractivity contribution in [1.29, 1.82) is 0 Å². The van der Waals surface area contributed by atoms with Gasteiger partial charge in [-0.1, -0.05) is 24.3 Å². The molecule has 1 saturated heterocycles. The summed E-state index contributed by atoms with van der Waals surface area (Å²) < 4.78 is 0. The minimum Gasteiger partial charge on any atom is -0.356 e. The first-order chi connectivity index (χ1) is 13.8. The normalized spacial score (nSPS) is 17.0. The number of rotatable bonds is 8. The van der Waals surface area contributed by atoms with Crippen LogP contribution in [0.2, 0.25) is 0 Å². The highest BCUT2D eigenvalue weighted by Crippen LogP contribution is 2.25. The van der Waals surface area contributed by atoms with Crippen LogP contribution in [0, 0.1) is 5.92 Å². The van der Waals surface area contributed by atoms with Crippen LogP contribution in [-0.4, -0.2) is 55.7 Å². The molecule has 2 aromatic rings. The Morgan fingerprint density at radius 3 is 2.79 bits per heavy atom. The number of hydrogen-bond donors (Lipinski definition) is 2. The van der Waals surface area contributed by atoms with Crippen molar-refractivity contribution in [2.45, 2.75) is 17.7 Å². The number of amides is 1. The Balaban J connectivity index is 1.32. The number of nitrogens with one attached hydrogen (secondary N) is 2. The number of hydrogen-bond acceptors (Lipinski definition) is 4. The van der Waals surface area contributed by atoms with E-state index in [-0.39, 0.29) is 5.91 Å². The highest BCUT2D eigenvalue weighted by Gasteiger charge is 2.24. The summed E-state index contributed by atoms with van der Waals surface area (Å²) in [6.45, 7) is 3.57. The van der Waals surface area contributed by atoms with Crippen molar-refractivity contribution in [2.24, 2.45) is 10.9 Å². The topological polar surface area (TPSA) is 56.7 Å². The quantitative estimate of drug-likeness (QED) is 0.299. The number of guanidine groups is 1. The van der Waals surface area contributed by atoms with Gasteiger partial charge in [0.15, 0.2) is 5.96 Å². The summed E-state index contributed by atoms with van der Waals surface area (Å²) in [5.74, 6) is 2.81. The molecule has 150 valence electrons. The first-order valence-corrected chi connectivity index (χ1v) is 11.6. The van der Waals surface area contributed by atoms with Crippen LogP contribution in [-0.2, 0) is 0 Å². The fourth-order valence-electron chi connectivity index (χ4n) is 3.21. The van der Waals surface area contributed by atoms with Crippen molar-refractivity contribution < 1.29 is 4.79 Å². The average molecular weight is 417 g/mol. The molecule has 1 aromatic carbocycles. The molecule has 7 heteroatoms. The van der Waals surface area contributed by atoms with Gasteiger partial charge in [0.05, 0.1) is 4.88 Å². The summed E-state index contributed by atoms with van der Waals surface area (Å²) in [4.78, 5) is 20.8. The zero-order valence-electron chi connectivity index (χ0n) is 16.3. The van der Waals surface area contributed by atoms with Crippen molar-refractivity contribution in [3.05, 3.63) is 52.7 Å². The van der Waals surface area contributed by atoms with Gasteiger partial charge in [-0.05, 0) is 42.3 Å². The van der Waals surface area contributed by atoms with E-state index < -0.39 is 0 Å². The molecule has 0 spiro atoms. The van der Waals surface area contributed by atoms with E-state index >= 15 is 0 Å². The molecule has 0 radical (unpaired) electrons. The number of likely N-dealkylation sites (tertiary alicyclic amines) is 1. The molecule has 1 unspecified atom stereocenters. The monoisotopic (exact) mass is 416 g/mol. The van der Waals surface area contributed by atoms with E-state index in [9.17, 15) is 4.79 Å². The largest absolute Gasteiger partial charge is 0.356 e. The molecule has 1 aliphatic rings. The van der Waals surface area contributed by atoms with E-state index in [1.807, 2.05) is 36.3 Å². The highest BCUT2D eigenvalue weighted by atomic mass is 32.2. The first kappa shape index (κ1) is 20.7. The molecule has 1 fully saturated rings. The zero-order chi connectivity index (χ0) is 19.6. The third-order valence-corrected chi connectivity index (χ3v) is 6.81. The molecule has 0 aliphatic carbocycles.